The first-order chi connectivity index (χ1) is 12.5. The molecule has 146 valence electrons. The second-order valence-electron chi connectivity index (χ2n) is 5.22. The molecule has 1 N–H and O–H groups in total. The predicted molar refractivity (Wildman–Crippen MR) is 88.6 cm³/mol. The highest BCUT2D eigenvalue weighted by molar-refractivity contribution is 6.34. The van der Waals surface area contributed by atoms with E-state index in [9.17, 15) is 32.5 Å². The standard InChI is InChI=1S/C14H10Cl2F4N4O3/c1-5(23-11(13(19)20)9(16)10(22-23)12(17)18)14(25)21-8-4-6(24(26)27)2-3-7(8)15/h2-5,12-13H,1H3,(H,21,25). The number of nitrogens with one attached hydrogen (secondary N) is 1. The lowest BCUT2D eigenvalue weighted by atomic mass is 10.2. The molecule has 1 aromatic carbocycles. The first-order valence-corrected chi connectivity index (χ1v) is 7.89. The van der Waals surface area contributed by atoms with Crippen molar-refractivity contribution in [2.24, 2.45) is 0 Å². The maximum absolute atomic E-state index is 13.2. The van der Waals surface area contributed by atoms with Crippen molar-refractivity contribution in [2.75, 3.05) is 5.32 Å². The van der Waals surface area contributed by atoms with Crippen LogP contribution < -0.4 is 5.32 Å². The fourth-order valence-electron chi connectivity index (χ4n) is 2.15. The van der Waals surface area contributed by atoms with Crippen LogP contribution in [0.1, 0.15) is 37.2 Å². The average molecular weight is 429 g/mol. The molecule has 1 aromatic heterocycles. The number of nitro benzene ring substituents is 1. The Hall–Kier alpha value is -2.40. The van der Waals surface area contributed by atoms with Gasteiger partial charge in [-0.15, -0.1) is 0 Å². The molecule has 0 radical (unpaired) electrons. The van der Waals surface area contributed by atoms with Gasteiger partial charge in [0.2, 0.25) is 5.91 Å². The van der Waals surface area contributed by atoms with Crippen LogP contribution in [0.4, 0.5) is 28.9 Å². The number of anilines is 1. The van der Waals surface area contributed by atoms with Crippen LogP contribution in [0.2, 0.25) is 10.0 Å². The van der Waals surface area contributed by atoms with Gasteiger partial charge in [-0.05, 0) is 13.0 Å². The summed E-state index contributed by atoms with van der Waals surface area (Å²) in [6.07, 6.45) is -6.49. The number of hydrogen-bond donors (Lipinski definition) is 1. The number of nitro groups is 1. The fraction of sp³-hybridized carbons (Fsp3) is 0.286. The quantitative estimate of drug-likeness (QED) is 0.390. The van der Waals surface area contributed by atoms with E-state index in [1.165, 1.54) is 0 Å². The molecule has 0 spiro atoms. The molecule has 0 saturated heterocycles. The lowest BCUT2D eigenvalue weighted by molar-refractivity contribution is -0.384. The molecule has 1 unspecified atom stereocenters. The zero-order valence-electron chi connectivity index (χ0n) is 13.3. The summed E-state index contributed by atoms with van der Waals surface area (Å²) in [5, 5.41) is 15.3. The molecule has 7 nitrogen and oxygen atoms in total. The number of benzene rings is 1. The van der Waals surface area contributed by atoms with E-state index in [1.807, 2.05) is 0 Å². The van der Waals surface area contributed by atoms with Gasteiger partial charge in [0.15, 0.2) is 0 Å². The smallest absolute Gasteiger partial charge is 0.283 e. The molecular formula is C14H10Cl2F4N4O3. The van der Waals surface area contributed by atoms with Gasteiger partial charge >= 0.3 is 0 Å². The summed E-state index contributed by atoms with van der Waals surface area (Å²) in [6.45, 7) is 1.12. The van der Waals surface area contributed by atoms with Gasteiger partial charge in [0.1, 0.15) is 17.4 Å². The van der Waals surface area contributed by atoms with Crippen LogP contribution in [0.5, 0.6) is 0 Å². The van der Waals surface area contributed by atoms with E-state index in [-0.39, 0.29) is 16.4 Å². The highest BCUT2D eigenvalue weighted by Crippen LogP contribution is 2.36. The van der Waals surface area contributed by atoms with Gasteiger partial charge in [0.25, 0.3) is 18.5 Å². The number of rotatable bonds is 6. The van der Waals surface area contributed by atoms with Crippen molar-refractivity contribution >= 4 is 40.5 Å². The minimum Gasteiger partial charge on any atom is -0.323 e. The number of non-ortho nitro benzene ring substituents is 1. The van der Waals surface area contributed by atoms with Crippen molar-refractivity contribution < 1.29 is 27.3 Å². The number of alkyl halides is 4. The van der Waals surface area contributed by atoms with Gasteiger partial charge in [-0.1, -0.05) is 23.2 Å². The predicted octanol–water partition coefficient (Wildman–Crippen LogP) is 5.17. The molecule has 1 amide bonds. The van der Waals surface area contributed by atoms with Gasteiger partial charge in [0, 0.05) is 12.1 Å². The summed E-state index contributed by atoms with van der Waals surface area (Å²) in [5.74, 6) is -0.973. The Morgan fingerprint density at radius 1 is 1.26 bits per heavy atom. The number of hydrogen-bond acceptors (Lipinski definition) is 4. The number of nitrogens with zero attached hydrogens (tertiary/aromatic N) is 3. The van der Waals surface area contributed by atoms with Crippen LogP contribution in [0.3, 0.4) is 0 Å². The molecule has 0 fully saturated rings. The van der Waals surface area contributed by atoms with Crippen molar-refractivity contribution in [3.05, 3.63) is 49.7 Å². The highest BCUT2D eigenvalue weighted by Gasteiger charge is 2.32. The van der Waals surface area contributed by atoms with Crippen LogP contribution in [0.25, 0.3) is 0 Å². The van der Waals surface area contributed by atoms with Gasteiger partial charge in [-0.3, -0.25) is 14.9 Å². The summed E-state index contributed by atoms with van der Waals surface area (Å²) in [6, 6.07) is 1.72. The number of carbonyl (C=O) groups is 1. The molecule has 27 heavy (non-hydrogen) atoms. The molecule has 1 atom stereocenters. The number of carbonyl (C=O) groups excluding carboxylic acids is 1. The van der Waals surface area contributed by atoms with E-state index in [2.05, 4.69) is 10.4 Å². The lowest BCUT2D eigenvalue weighted by Crippen LogP contribution is -2.26. The molecular weight excluding hydrogens is 419 g/mol. The Bertz CT molecular complexity index is 891. The summed E-state index contributed by atoms with van der Waals surface area (Å²) in [7, 11) is 0. The van der Waals surface area contributed by atoms with Gasteiger partial charge in [0.05, 0.1) is 20.7 Å². The Kier molecular flexibility index (Phi) is 6.26. The molecule has 13 heteroatoms. The maximum Gasteiger partial charge on any atom is 0.283 e. The number of halogens is 6. The third-order valence-corrected chi connectivity index (χ3v) is 4.21. The fourth-order valence-corrected chi connectivity index (χ4v) is 2.60. The molecule has 1 heterocycles. The first-order valence-electron chi connectivity index (χ1n) is 7.13. The molecule has 0 aliphatic rings. The van der Waals surface area contributed by atoms with Crippen LogP contribution >= 0.6 is 23.2 Å². The summed E-state index contributed by atoms with van der Waals surface area (Å²) < 4.78 is 52.6. The summed E-state index contributed by atoms with van der Waals surface area (Å²) in [4.78, 5) is 22.4. The van der Waals surface area contributed by atoms with Gasteiger partial charge < -0.3 is 5.32 Å². The average Bonchev–Trinajstić information content (AvgIpc) is 2.93. The number of amides is 1. The minimum atomic E-state index is -3.27. The third kappa shape index (κ3) is 4.30. The molecule has 0 aliphatic heterocycles. The van der Waals surface area contributed by atoms with Gasteiger partial charge in [-0.25, -0.2) is 22.2 Å². The monoisotopic (exact) mass is 428 g/mol. The Morgan fingerprint density at radius 2 is 1.89 bits per heavy atom. The van der Waals surface area contributed by atoms with Gasteiger partial charge in [-0.2, -0.15) is 5.10 Å². The highest BCUT2D eigenvalue weighted by atomic mass is 35.5. The van der Waals surface area contributed by atoms with Crippen molar-refractivity contribution in [1.29, 1.82) is 0 Å². The summed E-state index contributed by atoms with van der Waals surface area (Å²) >= 11 is 11.4. The largest absolute Gasteiger partial charge is 0.323 e. The molecule has 0 bridgehead atoms. The zero-order valence-corrected chi connectivity index (χ0v) is 14.8. The van der Waals surface area contributed by atoms with Crippen LogP contribution in [0, 0.1) is 10.1 Å². The van der Waals surface area contributed by atoms with Crippen LogP contribution in [-0.4, -0.2) is 20.6 Å². The maximum atomic E-state index is 13.2. The molecule has 2 aromatic rings. The molecule has 0 aliphatic carbocycles. The Morgan fingerprint density at radius 3 is 2.41 bits per heavy atom. The second kappa shape index (κ2) is 8.09. The van der Waals surface area contributed by atoms with E-state index in [1.54, 1.807) is 0 Å². The SMILES string of the molecule is CC(C(=O)Nc1cc([N+](=O)[O-])ccc1Cl)n1nc(C(F)F)c(Cl)c1C(F)F. The normalized spacial score (nSPS) is 12.5. The van der Waals surface area contributed by atoms with Crippen LogP contribution in [0.15, 0.2) is 18.2 Å². The third-order valence-electron chi connectivity index (χ3n) is 3.49. The second-order valence-corrected chi connectivity index (χ2v) is 6.00. The van der Waals surface area contributed by atoms with E-state index in [0.717, 1.165) is 25.1 Å². The number of aromatic nitrogens is 2. The van der Waals surface area contributed by atoms with E-state index in [0.29, 0.717) is 4.68 Å². The van der Waals surface area contributed by atoms with Crippen molar-refractivity contribution in [2.45, 2.75) is 25.8 Å². The van der Waals surface area contributed by atoms with E-state index >= 15 is 0 Å². The topological polar surface area (TPSA) is 90.1 Å². The zero-order chi connectivity index (χ0) is 20.5. The summed E-state index contributed by atoms with van der Waals surface area (Å²) in [5.41, 5.74) is -2.66. The molecule has 2 rings (SSSR count). The van der Waals surface area contributed by atoms with Crippen molar-refractivity contribution in [3.63, 3.8) is 0 Å². The molecule has 0 saturated carbocycles. The van der Waals surface area contributed by atoms with E-state index in [4.69, 9.17) is 23.2 Å². The first kappa shape index (κ1) is 20.9. The lowest BCUT2D eigenvalue weighted by Gasteiger charge is -2.16. The van der Waals surface area contributed by atoms with E-state index < -0.39 is 46.1 Å². The van der Waals surface area contributed by atoms with Crippen molar-refractivity contribution in [3.8, 4) is 0 Å². The minimum absolute atomic E-state index is 0.0537. The van der Waals surface area contributed by atoms with Crippen LogP contribution in [-0.2, 0) is 4.79 Å². The Balaban J connectivity index is 2.37. The Labute approximate surface area is 159 Å². The van der Waals surface area contributed by atoms with Crippen molar-refractivity contribution in [1.82, 2.24) is 9.78 Å².